The summed E-state index contributed by atoms with van der Waals surface area (Å²) in [6, 6.07) is 20.8. The molecule has 0 saturated heterocycles. The largest absolute Gasteiger partial charge is 0.423 e. The van der Waals surface area contributed by atoms with Gasteiger partial charge in [0, 0.05) is 10.6 Å². The first kappa shape index (κ1) is 19.6. The van der Waals surface area contributed by atoms with Gasteiger partial charge in [0.25, 0.3) is 0 Å². The number of nitrogens with zero attached hydrogens (tertiary/aromatic N) is 1. The maximum atomic E-state index is 12.2. The van der Waals surface area contributed by atoms with E-state index in [1.807, 2.05) is 19.1 Å². The molecule has 0 bridgehead atoms. The zero-order chi connectivity index (χ0) is 21.1. The first-order valence-electron chi connectivity index (χ1n) is 9.15. The molecule has 0 unspecified atom stereocenters. The van der Waals surface area contributed by atoms with Crippen molar-refractivity contribution in [3.8, 4) is 5.75 Å². The number of ether oxygens (including phenoxy) is 2. The number of aliphatic imine (C=N–C) groups is 1. The molecule has 3 aromatic rings. The number of benzene rings is 3. The zero-order valence-electron chi connectivity index (χ0n) is 16.0. The van der Waals surface area contributed by atoms with Gasteiger partial charge < -0.3 is 9.47 Å². The van der Waals surface area contributed by atoms with E-state index in [9.17, 15) is 9.59 Å². The fourth-order valence-corrected chi connectivity index (χ4v) is 2.99. The topological polar surface area (TPSA) is 65.0 Å². The van der Waals surface area contributed by atoms with Crippen LogP contribution in [0.4, 0.5) is 0 Å². The third-order valence-corrected chi connectivity index (χ3v) is 4.61. The molecule has 0 N–H and O–H groups in total. The summed E-state index contributed by atoms with van der Waals surface area (Å²) in [5.41, 5.74) is 3.05. The van der Waals surface area contributed by atoms with E-state index in [4.69, 9.17) is 21.1 Å². The number of rotatable bonds is 4. The van der Waals surface area contributed by atoms with Gasteiger partial charge in [-0.2, -0.15) is 0 Å². The van der Waals surface area contributed by atoms with Crippen LogP contribution < -0.4 is 4.74 Å². The molecule has 30 heavy (non-hydrogen) atoms. The van der Waals surface area contributed by atoms with Crippen molar-refractivity contribution >= 4 is 35.5 Å². The molecule has 4 rings (SSSR count). The molecule has 0 fully saturated rings. The fraction of sp³-hybridized carbons (Fsp3) is 0.0417. The average molecular weight is 418 g/mol. The Bertz CT molecular complexity index is 1180. The number of carbonyl (C=O) groups is 2. The summed E-state index contributed by atoms with van der Waals surface area (Å²) in [4.78, 5) is 28.6. The molecular weight excluding hydrogens is 402 g/mol. The minimum atomic E-state index is -0.542. The number of esters is 2. The van der Waals surface area contributed by atoms with Gasteiger partial charge in [0.15, 0.2) is 5.70 Å². The maximum absolute atomic E-state index is 12.2. The predicted molar refractivity (Wildman–Crippen MR) is 115 cm³/mol. The number of hydrogen-bond donors (Lipinski definition) is 0. The number of aryl methyl sites for hydroxylation is 1. The molecular formula is C24H16ClNO4. The highest BCUT2D eigenvalue weighted by Gasteiger charge is 2.24. The number of carbonyl (C=O) groups excluding carboxylic acids is 2. The predicted octanol–water partition coefficient (Wildman–Crippen LogP) is 5.21. The van der Waals surface area contributed by atoms with Gasteiger partial charge in [-0.05, 0) is 61.0 Å². The second-order valence-corrected chi connectivity index (χ2v) is 7.11. The molecule has 0 spiro atoms. The Hall–Kier alpha value is -3.70. The van der Waals surface area contributed by atoms with Crippen molar-refractivity contribution in [2.24, 2.45) is 4.99 Å². The summed E-state index contributed by atoms with van der Waals surface area (Å²) in [6.07, 6.45) is 1.60. The van der Waals surface area contributed by atoms with Gasteiger partial charge in [-0.15, -0.1) is 0 Å². The lowest BCUT2D eigenvalue weighted by Gasteiger charge is -2.05. The highest BCUT2D eigenvalue weighted by Crippen LogP contribution is 2.22. The molecule has 1 heterocycles. The molecule has 5 nitrogen and oxygen atoms in total. The molecule has 0 aromatic heterocycles. The lowest BCUT2D eigenvalue weighted by Crippen LogP contribution is -2.08. The van der Waals surface area contributed by atoms with Gasteiger partial charge >= 0.3 is 11.9 Å². The average Bonchev–Trinajstić information content (AvgIpc) is 3.10. The monoisotopic (exact) mass is 417 g/mol. The lowest BCUT2D eigenvalue weighted by molar-refractivity contribution is -0.129. The van der Waals surface area contributed by atoms with E-state index in [-0.39, 0.29) is 11.6 Å². The van der Waals surface area contributed by atoms with E-state index < -0.39 is 11.9 Å². The van der Waals surface area contributed by atoms with Crippen molar-refractivity contribution in [3.63, 3.8) is 0 Å². The third-order valence-electron chi connectivity index (χ3n) is 4.37. The SMILES string of the molecule is Cc1ccc(C(=O)Oc2ccc(/C=C3/N=C(c4cccc(Cl)c4)OC3=O)cc2)cc1. The Kier molecular flexibility index (Phi) is 5.46. The van der Waals surface area contributed by atoms with Gasteiger partial charge in [-0.25, -0.2) is 14.6 Å². The highest BCUT2D eigenvalue weighted by atomic mass is 35.5. The molecule has 0 aliphatic carbocycles. The van der Waals surface area contributed by atoms with Gasteiger partial charge in [0.1, 0.15) is 5.75 Å². The second-order valence-electron chi connectivity index (χ2n) is 6.67. The first-order chi connectivity index (χ1) is 14.5. The van der Waals surface area contributed by atoms with Gasteiger partial charge in [-0.3, -0.25) is 0 Å². The summed E-state index contributed by atoms with van der Waals surface area (Å²) in [5.74, 6) is -0.367. The number of cyclic esters (lactones) is 1. The van der Waals surface area contributed by atoms with E-state index in [0.717, 1.165) is 5.56 Å². The van der Waals surface area contributed by atoms with Gasteiger partial charge in [0.05, 0.1) is 5.56 Å². The lowest BCUT2D eigenvalue weighted by atomic mass is 10.1. The Labute approximate surface area is 178 Å². The van der Waals surface area contributed by atoms with Crippen LogP contribution in [-0.2, 0) is 9.53 Å². The van der Waals surface area contributed by atoms with Crippen LogP contribution in [0.25, 0.3) is 6.08 Å². The summed E-state index contributed by atoms with van der Waals surface area (Å²) < 4.78 is 10.6. The molecule has 1 aliphatic rings. The molecule has 0 atom stereocenters. The molecule has 0 radical (unpaired) electrons. The van der Waals surface area contributed by atoms with Crippen LogP contribution in [-0.4, -0.2) is 17.8 Å². The van der Waals surface area contributed by atoms with E-state index >= 15 is 0 Å². The summed E-state index contributed by atoms with van der Waals surface area (Å²) in [5, 5.41) is 0.527. The van der Waals surface area contributed by atoms with E-state index in [0.29, 0.717) is 27.5 Å². The Morgan fingerprint density at radius 2 is 1.77 bits per heavy atom. The Balaban J connectivity index is 1.48. The fourth-order valence-electron chi connectivity index (χ4n) is 2.80. The highest BCUT2D eigenvalue weighted by molar-refractivity contribution is 6.31. The molecule has 3 aromatic carbocycles. The van der Waals surface area contributed by atoms with Crippen molar-refractivity contribution in [1.29, 1.82) is 0 Å². The van der Waals surface area contributed by atoms with Crippen LogP contribution in [0.15, 0.2) is 83.5 Å². The van der Waals surface area contributed by atoms with Crippen LogP contribution in [0.3, 0.4) is 0 Å². The van der Waals surface area contributed by atoms with Crippen molar-refractivity contribution in [3.05, 3.63) is 106 Å². The number of hydrogen-bond acceptors (Lipinski definition) is 5. The van der Waals surface area contributed by atoms with Crippen LogP contribution >= 0.6 is 11.6 Å². The van der Waals surface area contributed by atoms with Gasteiger partial charge in [-0.1, -0.05) is 47.5 Å². The van der Waals surface area contributed by atoms with Crippen molar-refractivity contribution in [2.75, 3.05) is 0 Å². The number of halogens is 1. The molecule has 1 aliphatic heterocycles. The van der Waals surface area contributed by atoms with Crippen molar-refractivity contribution < 1.29 is 19.1 Å². The summed E-state index contributed by atoms with van der Waals surface area (Å²) in [7, 11) is 0. The second kappa shape index (κ2) is 8.35. The first-order valence-corrected chi connectivity index (χ1v) is 9.53. The summed E-state index contributed by atoms with van der Waals surface area (Å²) >= 11 is 5.98. The van der Waals surface area contributed by atoms with Crippen molar-refractivity contribution in [1.82, 2.24) is 0 Å². The molecule has 148 valence electrons. The van der Waals surface area contributed by atoms with E-state index in [1.165, 1.54) is 0 Å². The minimum Gasteiger partial charge on any atom is -0.423 e. The normalized spacial score (nSPS) is 14.4. The Morgan fingerprint density at radius 1 is 1.03 bits per heavy atom. The molecule has 0 amide bonds. The minimum absolute atomic E-state index is 0.175. The zero-order valence-corrected chi connectivity index (χ0v) is 16.7. The van der Waals surface area contributed by atoms with Crippen LogP contribution in [0, 0.1) is 6.92 Å². The van der Waals surface area contributed by atoms with Crippen LogP contribution in [0.1, 0.15) is 27.0 Å². The maximum Gasteiger partial charge on any atom is 0.363 e. The van der Waals surface area contributed by atoms with Gasteiger partial charge in [0.2, 0.25) is 5.90 Å². The standard InChI is InChI=1S/C24H16ClNO4/c1-15-5-9-17(10-6-15)23(27)29-20-11-7-16(8-12-20)13-21-24(28)30-22(26-21)18-3-2-4-19(25)14-18/h2-14H,1H3/b21-13+. The van der Waals surface area contributed by atoms with E-state index in [1.54, 1.807) is 66.7 Å². The smallest absolute Gasteiger partial charge is 0.363 e. The molecule has 6 heteroatoms. The van der Waals surface area contributed by atoms with Crippen LogP contribution in [0.2, 0.25) is 5.02 Å². The third kappa shape index (κ3) is 4.47. The van der Waals surface area contributed by atoms with Crippen LogP contribution in [0.5, 0.6) is 5.75 Å². The van der Waals surface area contributed by atoms with Crippen molar-refractivity contribution in [2.45, 2.75) is 6.92 Å². The quantitative estimate of drug-likeness (QED) is 0.332. The van der Waals surface area contributed by atoms with E-state index in [2.05, 4.69) is 4.99 Å². The molecule has 0 saturated carbocycles. The summed E-state index contributed by atoms with van der Waals surface area (Å²) in [6.45, 7) is 1.95. The Morgan fingerprint density at radius 3 is 2.47 bits per heavy atom.